The van der Waals surface area contributed by atoms with E-state index in [0.29, 0.717) is 25.9 Å². The highest BCUT2D eigenvalue weighted by Crippen LogP contribution is 2.21. The number of hydrogen-bond acceptors (Lipinski definition) is 2. The fourth-order valence-corrected chi connectivity index (χ4v) is 2.95. The van der Waals surface area contributed by atoms with Crippen molar-refractivity contribution in [3.05, 3.63) is 35.6 Å². The second-order valence-corrected chi connectivity index (χ2v) is 7.51. The molecular weight excluding hydrogens is 307 g/mol. The second kappa shape index (κ2) is 7.77. The summed E-state index contributed by atoms with van der Waals surface area (Å²) in [6.07, 6.45) is 2.45. The lowest BCUT2D eigenvalue weighted by Gasteiger charge is -2.36. The van der Waals surface area contributed by atoms with Gasteiger partial charge in [0.1, 0.15) is 5.82 Å². The first-order valence-corrected chi connectivity index (χ1v) is 8.59. The molecule has 0 atom stereocenters. The van der Waals surface area contributed by atoms with E-state index in [1.165, 1.54) is 12.1 Å². The third-order valence-electron chi connectivity index (χ3n) is 4.32. The van der Waals surface area contributed by atoms with Crippen molar-refractivity contribution in [2.75, 3.05) is 13.1 Å². The standard InChI is InChI=1S/C19H27FN2O2/c1-19(2,3)18(24)22-11-9-16(10-12-22)21-17(23)8-7-14-5-4-6-15(20)13-14/h4-6,13,16H,7-12H2,1-3H3,(H,21,23). The number of nitrogens with one attached hydrogen (secondary N) is 1. The third kappa shape index (κ3) is 5.32. The Kier molecular flexibility index (Phi) is 5.97. The molecule has 1 N–H and O–H groups in total. The van der Waals surface area contributed by atoms with Gasteiger partial charge in [-0.2, -0.15) is 0 Å². The molecule has 0 radical (unpaired) electrons. The van der Waals surface area contributed by atoms with E-state index >= 15 is 0 Å². The van der Waals surface area contributed by atoms with Crippen LogP contribution in [0.1, 0.15) is 45.6 Å². The molecular formula is C19H27FN2O2. The Hall–Kier alpha value is -1.91. The molecule has 4 nitrogen and oxygen atoms in total. The summed E-state index contributed by atoms with van der Waals surface area (Å²) in [6.45, 7) is 7.15. The van der Waals surface area contributed by atoms with Gasteiger partial charge in [-0.15, -0.1) is 0 Å². The number of rotatable bonds is 4. The van der Waals surface area contributed by atoms with Crippen LogP contribution in [0, 0.1) is 11.2 Å². The van der Waals surface area contributed by atoms with Gasteiger partial charge >= 0.3 is 0 Å². The Morgan fingerprint density at radius 2 is 1.92 bits per heavy atom. The summed E-state index contributed by atoms with van der Waals surface area (Å²) >= 11 is 0. The molecule has 0 aromatic heterocycles. The van der Waals surface area contributed by atoms with Crippen LogP contribution in [0.25, 0.3) is 0 Å². The second-order valence-electron chi connectivity index (χ2n) is 7.51. The van der Waals surface area contributed by atoms with Crippen LogP contribution < -0.4 is 5.32 Å². The molecule has 1 aromatic rings. The van der Waals surface area contributed by atoms with Crippen LogP contribution in [0.3, 0.4) is 0 Å². The van der Waals surface area contributed by atoms with Gasteiger partial charge in [0.25, 0.3) is 0 Å². The summed E-state index contributed by atoms with van der Waals surface area (Å²) < 4.78 is 13.1. The van der Waals surface area contributed by atoms with Crippen LogP contribution in [0.2, 0.25) is 0 Å². The van der Waals surface area contributed by atoms with Gasteiger partial charge in [-0.1, -0.05) is 32.9 Å². The topological polar surface area (TPSA) is 49.4 Å². The Morgan fingerprint density at radius 1 is 1.25 bits per heavy atom. The lowest BCUT2D eigenvalue weighted by atomic mass is 9.93. The molecule has 24 heavy (non-hydrogen) atoms. The molecule has 0 unspecified atom stereocenters. The molecule has 2 amide bonds. The number of likely N-dealkylation sites (tertiary alicyclic amines) is 1. The zero-order valence-corrected chi connectivity index (χ0v) is 14.8. The number of amides is 2. The molecule has 0 aliphatic carbocycles. The van der Waals surface area contributed by atoms with Gasteiger partial charge in [0.15, 0.2) is 0 Å². The number of hydrogen-bond donors (Lipinski definition) is 1. The summed E-state index contributed by atoms with van der Waals surface area (Å²) in [5.41, 5.74) is 0.469. The van der Waals surface area contributed by atoms with E-state index in [2.05, 4.69) is 5.32 Å². The van der Waals surface area contributed by atoms with Crippen molar-refractivity contribution in [2.45, 2.75) is 52.5 Å². The van der Waals surface area contributed by atoms with Crippen molar-refractivity contribution in [2.24, 2.45) is 5.41 Å². The molecule has 1 aliphatic rings. The number of piperidine rings is 1. The summed E-state index contributed by atoms with van der Waals surface area (Å²) in [4.78, 5) is 26.2. The molecule has 0 bridgehead atoms. The summed E-state index contributed by atoms with van der Waals surface area (Å²) in [5.74, 6) is -0.123. The predicted octanol–water partition coefficient (Wildman–Crippen LogP) is 2.91. The van der Waals surface area contributed by atoms with Crippen LogP contribution in [-0.2, 0) is 16.0 Å². The predicted molar refractivity (Wildman–Crippen MR) is 91.9 cm³/mol. The quantitative estimate of drug-likeness (QED) is 0.920. The van der Waals surface area contributed by atoms with E-state index in [4.69, 9.17) is 0 Å². The average molecular weight is 334 g/mol. The van der Waals surface area contributed by atoms with Crippen LogP contribution in [0.5, 0.6) is 0 Å². The van der Waals surface area contributed by atoms with Crippen molar-refractivity contribution in [1.29, 1.82) is 0 Å². The minimum Gasteiger partial charge on any atom is -0.353 e. The van der Waals surface area contributed by atoms with Crippen LogP contribution in [-0.4, -0.2) is 35.8 Å². The van der Waals surface area contributed by atoms with Crippen LogP contribution in [0.15, 0.2) is 24.3 Å². The summed E-state index contributed by atoms with van der Waals surface area (Å²) in [6, 6.07) is 6.46. The van der Waals surface area contributed by atoms with Crippen molar-refractivity contribution in [1.82, 2.24) is 10.2 Å². The molecule has 132 valence electrons. The molecule has 2 rings (SSSR count). The molecule has 0 spiro atoms. The van der Waals surface area contributed by atoms with E-state index in [-0.39, 0.29) is 29.1 Å². The molecule has 0 saturated carbocycles. The zero-order valence-electron chi connectivity index (χ0n) is 14.8. The largest absolute Gasteiger partial charge is 0.353 e. The number of aryl methyl sites for hydroxylation is 1. The van der Waals surface area contributed by atoms with Gasteiger partial charge in [0.2, 0.25) is 11.8 Å². The van der Waals surface area contributed by atoms with Gasteiger partial charge in [-0.3, -0.25) is 9.59 Å². The number of nitrogens with zero attached hydrogens (tertiary/aromatic N) is 1. The van der Waals surface area contributed by atoms with E-state index in [9.17, 15) is 14.0 Å². The van der Waals surface area contributed by atoms with Crippen molar-refractivity contribution in [3.63, 3.8) is 0 Å². The van der Waals surface area contributed by atoms with Gasteiger partial charge in [0.05, 0.1) is 0 Å². The molecule has 1 fully saturated rings. The fourth-order valence-electron chi connectivity index (χ4n) is 2.95. The highest BCUT2D eigenvalue weighted by atomic mass is 19.1. The van der Waals surface area contributed by atoms with E-state index in [1.807, 2.05) is 31.7 Å². The summed E-state index contributed by atoms with van der Waals surface area (Å²) in [7, 11) is 0. The van der Waals surface area contributed by atoms with Crippen molar-refractivity contribution >= 4 is 11.8 Å². The highest BCUT2D eigenvalue weighted by molar-refractivity contribution is 5.81. The maximum atomic E-state index is 13.1. The molecule has 1 aliphatic heterocycles. The molecule has 1 saturated heterocycles. The van der Waals surface area contributed by atoms with Crippen LogP contribution in [0.4, 0.5) is 4.39 Å². The van der Waals surface area contributed by atoms with E-state index in [1.54, 1.807) is 6.07 Å². The lowest BCUT2D eigenvalue weighted by Crippen LogP contribution is -2.49. The first-order valence-electron chi connectivity index (χ1n) is 8.59. The van der Waals surface area contributed by atoms with Crippen molar-refractivity contribution in [3.8, 4) is 0 Å². The Morgan fingerprint density at radius 3 is 2.50 bits per heavy atom. The van der Waals surface area contributed by atoms with Gasteiger partial charge in [0, 0.05) is 31.0 Å². The van der Waals surface area contributed by atoms with Gasteiger partial charge < -0.3 is 10.2 Å². The first-order chi connectivity index (χ1) is 11.3. The minimum absolute atomic E-state index is 0.0140. The summed E-state index contributed by atoms with van der Waals surface area (Å²) in [5, 5.41) is 3.03. The molecule has 1 heterocycles. The van der Waals surface area contributed by atoms with Crippen LogP contribution >= 0.6 is 0 Å². The highest BCUT2D eigenvalue weighted by Gasteiger charge is 2.30. The normalized spacial score (nSPS) is 16.1. The maximum Gasteiger partial charge on any atom is 0.227 e. The number of carbonyl (C=O) groups excluding carboxylic acids is 2. The van der Waals surface area contributed by atoms with Gasteiger partial charge in [-0.05, 0) is 37.0 Å². The van der Waals surface area contributed by atoms with E-state index in [0.717, 1.165) is 18.4 Å². The molecule has 1 aromatic carbocycles. The monoisotopic (exact) mass is 334 g/mol. The number of halogens is 1. The first kappa shape index (κ1) is 18.4. The lowest BCUT2D eigenvalue weighted by molar-refractivity contribution is -0.140. The number of carbonyl (C=O) groups is 2. The fraction of sp³-hybridized carbons (Fsp3) is 0.579. The Labute approximate surface area is 143 Å². The number of benzene rings is 1. The average Bonchev–Trinajstić information content (AvgIpc) is 2.52. The third-order valence-corrected chi connectivity index (χ3v) is 4.32. The maximum absolute atomic E-state index is 13.1. The van der Waals surface area contributed by atoms with Crippen molar-refractivity contribution < 1.29 is 14.0 Å². The SMILES string of the molecule is CC(C)(C)C(=O)N1CCC(NC(=O)CCc2cccc(F)c2)CC1. The molecule has 5 heteroatoms. The zero-order chi connectivity index (χ0) is 17.7. The Balaban J connectivity index is 1.73. The smallest absolute Gasteiger partial charge is 0.227 e. The minimum atomic E-state index is -0.360. The van der Waals surface area contributed by atoms with E-state index < -0.39 is 0 Å². The van der Waals surface area contributed by atoms with Gasteiger partial charge in [-0.25, -0.2) is 4.39 Å². The Bertz CT molecular complexity index is 587.